The van der Waals surface area contributed by atoms with Crippen molar-refractivity contribution in [2.45, 2.75) is 61.4 Å². The lowest BCUT2D eigenvalue weighted by Crippen LogP contribution is -2.64. The van der Waals surface area contributed by atoms with Crippen LogP contribution in [0.15, 0.2) is 46.9 Å². The van der Waals surface area contributed by atoms with E-state index < -0.39 is 51.6 Å². The molecule has 2 amide bonds. The number of furan rings is 1. The van der Waals surface area contributed by atoms with Gasteiger partial charge in [-0.05, 0) is 55.0 Å². The van der Waals surface area contributed by atoms with Gasteiger partial charge in [0.25, 0.3) is 5.91 Å². The number of fused-ring (bicyclic) bond motifs is 1. The van der Waals surface area contributed by atoms with Gasteiger partial charge in [0.1, 0.15) is 16.9 Å². The van der Waals surface area contributed by atoms with Crippen molar-refractivity contribution >= 4 is 32.6 Å². The van der Waals surface area contributed by atoms with E-state index in [1.54, 1.807) is 30.3 Å². The first-order chi connectivity index (χ1) is 18.7. The highest BCUT2D eigenvalue weighted by atomic mass is 32.2. The van der Waals surface area contributed by atoms with E-state index in [1.165, 1.54) is 13.2 Å². The van der Waals surface area contributed by atoms with Gasteiger partial charge in [-0.1, -0.05) is 24.3 Å². The van der Waals surface area contributed by atoms with Gasteiger partial charge in [0.05, 0.1) is 18.5 Å². The zero-order chi connectivity index (χ0) is 28.9. The van der Waals surface area contributed by atoms with Crippen molar-refractivity contribution in [1.82, 2.24) is 10.6 Å². The van der Waals surface area contributed by atoms with Crippen LogP contribution >= 0.6 is 0 Å². The number of sulfone groups is 1. The van der Waals surface area contributed by atoms with Crippen LogP contribution in [0, 0.1) is 0 Å². The van der Waals surface area contributed by atoms with Gasteiger partial charge in [-0.25, -0.2) is 17.2 Å². The van der Waals surface area contributed by atoms with Crippen LogP contribution < -0.4 is 21.1 Å². The summed E-state index contributed by atoms with van der Waals surface area (Å²) in [5, 5.41) is 6.02. The molecular formula is C28H31F2N3O6S. The largest absolute Gasteiger partial charge is 0.496 e. The Morgan fingerprint density at radius 2 is 1.62 bits per heavy atom. The number of rotatable bonds is 8. The average molecular weight is 576 g/mol. The van der Waals surface area contributed by atoms with Gasteiger partial charge >= 0.3 is 0 Å². The van der Waals surface area contributed by atoms with Gasteiger partial charge in [-0.2, -0.15) is 0 Å². The van der Waals surface area contributed by atoms with Crippen LogP contribution in [0.25, 0.3) is 22.1 Å². The van der Waals surface area contributed by atoms with Crippen LogP contribution in [0.5, 0.6) is 5.75 Å². The summed E-state index contributed by atoms with van der Waals surface area (Å²) in [7, 11) is -1.79. The summed E-state index contributed by atoms with van der Waals surface area (Å²) in [6.07, 6.45) is 0.791. The molecule has 9 nitrogen and oxygen atoms in total. The lowest BCUT2D eigenvalue weighted by atomic mass is 9.78. The normalized spacial score (nSPS) is 19.1. The number of halogens is 2. The summed E-state index contributed by atoms with van der Waals surface area (Å²) in [6, 6.07) is 12.0. The number of methoxy groups -OCH3 is 1. The maximum Gasteiger partial charge on any atom is 0.287 e. The Kier molecular flexibility index (Phi) is 6.90. The number of nitrogens with one attached hydrogen (secondary N) is 2. The zero-order valence-corrected chi connectivity index (χ0v) is 23.0. The van der Waals surface area contributed by atoms with E-state index in [2.05, 4.69) is 10.6 Å². The minimum absolute atomic E-state index is 0.0633. The molecule has 0 radical (unpaired) electrons. The molecule has 0 saturated heterocycles. The molecule has 2 aliphatic rings. The van der Waals surface area contributed by atoms with Crippen molar-refractivity contribution in [2.75, 3.05) is 13.4 Å². The minimum Gasteiger partial charge on any atom is -0.496 e. The topological polar surface area (TPSA) is 141 Å². The molecule has 12 heteroatoms. The highest BCUT2D eigenvalue weighted by Gasteiger charge is 2.52. The molecule has 4 N–H and O–H groups in total. The molecule has 1 heterocycles. The van der Waals surface area contributed by atoms with Crippen LogP contribution in [0.1, 0.15) is 54.6 Å². The van der Waals surface area contributed by atoms with Crippen molar-refractivity contribution in [3.63, 3.8) is 0 Å². The second-order valence-electron chi connectivity index (χ2n) is 11.0. The summed E-state index contributed by atoms with van der Waals surface area (Å²) in [6.45, 7) is 0. The monoisotopic (exact) mass is 575 g/mol. The molecule has 1 aromatic heterocycles. The quantitative estimate of drug-likeness (QED) is 0.346. The van der Waals surface area contributed by atoms with Gasteiger partial charge in [0, 0.05) is 30.0 Å². The van der Waals surface area contributed by atoms with Gasteiger partial charge in [0.15, 0.2) is 15.6 Å². The molecule has 5 rings (SSSR count). The molecule has 2 aromatic carbocycles. The second-order valence-corrected chi connectivity index (χ2v) is 13.1. The lowest BCUT2D eigenvalue weighted by Gasteiger charge is -2.39. The summed E-state index contributed by atoms with van der Waals surface area (Å²) in [5.41, 5.74) is 6.05. The Bertz CT molecular complexity index is 1590. The number of benzene rings is 2. The smallest absolute Gasteiger partial charge is 0.287 e. The first-order valence-electron chi connectivity index (χ1n) is 12.9. The molecule has 0 bridgehead atoms. The number of nitrogens with two attached hydrogens (primary N) is 1. The van der Waals surface area contributed by atoms with E-state index in [1.807, 2.05) is 6.07 Å². The third-order valence-electron chi connectivity index (χ3n) is 7.56. The number of hydrogen-bond acceptors (Lipinski definition) is 7. The van der Waals surface area contributed by atoms with Crippen molar-refractivity contribution in [3.05, 3.63) is 53.8 Å². The van der Waals surface area contributed by atoms with Crippen LogP contribution in [0.4, 0.5) is 8.78 Å². The fourth-order valence-electron chi connectivity index (χ4n) is 4.98. The number of ether oxygens (including phenoxy) is 1. The Morgan fingerprint density at radius 1 is 0.975 bits per heavy atom. The number of carbonyl (C=O) groups excluding carboxylic acids is 2. The highest BCUT2D eigenvalue weighted by Crippen LogP contribution is 2.40. The molecule has 2 fully saturated rings. The number of carbonyl (C=O) groups is 2. The average Bonchev–Trinajstić information content (AvgIpc) is 3.44. The summed E-state index contributed by atoms with van der Waals surface area (Å²) < 4.78 is 62.6. The van der Waals surface area contributed by atoms with Gasteiger partial charge in [-0.3, -0.25) is 9.59 Å². The first-order valence-corrected chi connectivity index (χ1v) is 15.0. The predicted molar refractivity (Wildman–Crippen MR) is 145 cm³/mol. The second kappa shape index (κ2) is 9.84. The fourth-order valence-corrected chi connectivity index (χ4v) is 5.79. The summed E-state index contributed by atoms with van der Waals surface area (Å²) in [4.78, 5) is 26.4. The van der Waals surface area contributed by atoms with Crippen molar-refractivity contribution < 1.29 is 35.9 Å². The summed E-state index contributed by atoms with van der Waals surface area (Å²) >= 11 is 0. The van der Waals surface area contributed by atoms with E-state index in [9.17, 15) is 26.8 Å². The van der Waals surface area contributed by atoms with Crippen LogP contribution in [0.2, 0.25) is 0 Å². The molecule has 0 aliphatic heterocycles. The summed E-state index contributed by atoms with van der Waals surface area (Å²) in [5.74, 6) is -3.96. The first kappa shape index (κ1) is 28.0. The molecule has 0 spiro atoms. The van der Waals surface area contributed by atoms with Gasteiger partial charge in [0.2, 0.25) is 11.8 Å². The third-order valence-corrected chi connectivity index (χ3v) is 8.39. The minimum atomic E-state index is -3.26. The Balaban J connectivity index is 1.39. The molecule has 3 aromatic rings. The van der Waals surface area contributed by atoms with Gasteiger partial charge in [-0.15, -0.1) is 0 Å². The molecule has 40 heavy (non-hydrogen) atoms. The maximum absolute atomic E-state index is 14.0. The third kappa shape index (κ3) is 5.97. The number of alkyl halides is 2. The molecule has 0 atom stereocenters. The molecule has 0 unspecified atom stereocenters. The van der Waals surface area contributed by atoms with E-state index in [-0.39, 0.29) is 24.4 Å². The molecule has 2 aliphatic carbocycles. The van der Waals surface area contributed by atoms with E-state index >= 15 is 0 Å². The van der Waals surface area contributed by atoms with E-state index in [0.717, 1.165) is 17.4 Å². The maximum atomic E-state index is 14.0. The van der Waals surface area contributed by atoms with Crippen LogP contribution in [0.3, 0.4) is 0 Å². The lowest BCUT2D eigenvalue weighted by molar-refractivity contribution is -0.134. The molecule has 214 valence electrons. The van der Waals surface area contributed by atoms with Crippen LogP contribution in [-0.2, 0) is 20.4 Å². The van der Waals surface area contributed by atoms with Crippen molar-refractivity contribution in [3.8, 4) is 16.9 Å². The zero-order valence-electron chi connectivity index (χ0n) is 22.2. The fraction of sp³-hybridized carbons (Fsp3) is 0.429. The van der Waals surface area contributed by atoms with E-state index in [0.29, 0.717) is 35.1 Å². The van der Waals surface area contributed by atoms with E-state index in [4.69, 9.17) is 14.9 Å². The standard InChI is InChI=1S/C28H31F2N3O6S/c1-38-21-13-17(4-6-20(21)16-40(2,36)37)18-3-5-19-15-23(39-22(19)14-18)24(34)32-26(7-9-27(29,30)10-8-26)25(35)33-28(31)11-12-28/h3-6,13-15H,7-12,16,31H2,1-2H3,(H,32,34)(H,33,35). The molecular weight excluding hydrogens is 544 g/mol. The van der Waals surface area contributed by atoms with Crippen LogP contribution in [-0.4, -0.2) is 50.7 Å². The molecule has 2 saturated carbocycles. The SMILES string of the molecule is COc1cc(-c2ccc3cc(C(=O)NC4(C(=O)NC5(N)CC5)CCC(F)(F)CC4)oc3c2)ccc1CS(C)(=O)=O. The number of hydrogen-bond donors (Lipinski definition) is 3. The Morgan fingerprint density at radius 3 is 2.25 bits per heavy atom. The van der Waals surface area contributed by atoms with Crippen molar-refractivity contribution in [1.29, 1.82) is 0 Å². The highest BCUT2D eigenvalue weighted by molar-refractivity contribution is 7.89. The Hall–Kier alpha value is -3.51. The Labute approximate surface area is 230 Å². The van der Waals surface area contributed by atoms with Crippen molar-refractivity contribution in [2.24, 2.45) is 5.73 Å². The predicted octanol–water partition coefficient (Wildman–Crippen LogP) is 3.90. The van der Waals surface area contributed by atoms with Gasteiger partial charge < -0.3 is 25.5 Å². The number of amides is 2.